The van der Waals surface area contributed by atoms with Crippen LogP contribution in [0.3, 0.4) is 0 Å². The SMILES string of the molecule is C=CC(=O)OC(CCl)C(C)S(=O)(=O)O. The normalized spacial score (nSPS) is 15.6. The molecule has 5 nitrogen and oxygen atoms in total. The molecular weight excluding hydrogens is 232 g/mol. The molecule has 0 saturated heterocycles. The van der Waals surface area contributed by atoms with E-state index in [0.717, 1.165) is 6.08 Å². The second-order valence-corrected chi connectivity index (χ2v) is 4.64. The maximum atomic E-state index is 10.7. The maximum Gasteiger partial charge on any atom is 0.330 e. The van der Waals surface area contributed by atoms with Crippen molar-refractivity contribution in [1.29, 1.82) is 0 Å². The van der Waals surface area contributed by atoms with Crippen LogP contribution in [-0.4, -0.2) is 36.2 Å². The smallest absolute Gasteiger partial charge is 0.330 e. The molecule has 2 atom stereocenters. The number of alkyl halides is 1. The third kappa shape index (κ3) is 4.08. The lowest BCUT2D eigenvalue weighted by atomic mass is 10.3. The van der Waals surface area contributed by atoms with Gasteiger partial charge in [0, 0.05) is 6.08 Å². The lowest BCUT2D eigenvalue weighted by Crippen LogP contribution is -2.36. The van der Waals surface area contributed by atoms with Crippen molar-refractivity contribution < 1.29 is 22.5 Å². The Balaban J connectivity index is 4.57. The van der Waals surface area contributed by atoms with Crippen LogP contribution in [0.2, 0.25) is 0 Å². The van der Waals surface area contributed by atoms with Gasteiger partial charge in [-0.2, -0.15) is 8.42 Å². The molecule has 0 heterocycles. The first-order valence-corrected chi connectivity index (χ1v) is 5.72. The van der Waals surface area contributed by atoms with E-state index < -0.39 is 27.4 Å². The molecule has 82 valence electrons. The molecule has 0 aromatic rings. The number of halogens is 1. The van der Waals surface area contributed by atoms with Gasteiger partial charge >= 0.3 is 5.97 Å². The van der Waals surface area contributed by atoms with Gasteiger partial charge in [0.15, 0.2) is 0 Å². The number of rotatable bonds is 5. The number of hydrogen-bond acceptors (Lipinski definition) is 4. The zero-order valence-corrected chi connectivity index (χ0v) is 9.09. The minimum atomic E-state index is -4.26. The summed E-state index contributed by atoms with van der Waals surface area (Å²) in [5, 5.41) is -1.26. The second-order valence-electron chi connectivity index (χ2n) is 2.55. The Morgan fingerprint density at radius 3 is 2.50 bits per heavy atom. The van der Waals surface area contributed by atoms with Gasteiger partial charge in [0.05, 0.1) is 5.88 Å². The third-order valence-corrected chi connectivity index (χ3v) is 3.13. The third-order valence-electron chi connectivity index (χ3n) is 1.58. The first-order chi connectivity index (χ1) is 6.32. The molecule has 2 unspecified atom stereocenters. The summed E-state index contributed by atoms with van der Waals surface area (Å²) in [6.45, 7) is 4.33. The van der Waals surface area contributed by atoms with Crippen molar-refractivity contribution in [2.45, 2.75) is 18.3 Å². The molecule has 1 N–H and O–H groups in total. The van der Waals surface area contributed by atoms with Gasteiger partial charge in [0.1, 0.15) is 11.4 Å². The molecule has 0 amide bonds. The van der Waals surface area contributed by atoms with Crippen LogP contribution in [-0.2, 0) is 19.6 Å². The van der Waals surface area contributed by atoms with E-state index in [9.17, 15) is 13.2 Å². The fourth-order valence-corrected chi connectivity index (χ4v) is 1.61. The van der Waals surface area contributed by atoms with Gasteiger partial charge in [0.25, 0.3) is 10.1 Å². The molecule has 0 spiro atoms. The fourth-order valence-electron chi connectivity index (χ4n) is 0.642. The van der Waals surface area contributed by atoms with Crippen LogP contribution in [0.25, 0.3) is 0 Å². The molecule has 14 heavy (non-hydrogen) atoms. The molecule has 0 radical (unpaired) electrons. The van der Waals surface area contributed by atoms with E-state index in [1.54, 1.807) is 0 Å². The molecule has 7 heteroatoms. The Labute approximate surface area is 87.4 Å². The highest BCUT2D eigenvalue weighted by Crippen LogP contribution is 2.10. The quantitative estimate of drug-likeness (QED) is 0.330. The lowest BCUT2D eigenvalue weighted by molar-refractivity contribution is -0.141. The molecule has 0 aliphatic carbocycles. The summed E-state index contributed by atoms with van der Waals surface area (Å²) < 4.78 is 34.6. The monoisotopic (exact) mass is 242 g/mol. The van der Waals surface area contributed by atoms with Crippen molar-refractivity contribution >= 4 is 27.7 Å². The Morgan fingerprint density at radius 1 is 1.71 bits per heavy atom. The number of esters is 1. The summed E-state index contributed by atoms with van der Waals surface area (Å²) >= 11 is 5.38. The minimum Gasteiger partial charge on any atom is -0.456 e. The topological polar surface area (TPSA) is 80.7 Å². The lowest BCUT2D eigenvalue weighted by Gasteiger charge is -2.18. The van der Waals surface area contributed by atoms with Crippen LogP contribution in [0.5, 0.6) is 0 Å². The molecule has 0 aromatic heterocycles. The van der Waals surface area contributed by atoms with Gasteiger partial charge in [-0.3, -0.25) is 4.55 Å². The number of hydrogen-bond donors (Lipinski definition) is 1. The molecular formula is C7H11ClO5S. The zero-order valence-electron chi connectivity index (χ0n) is 7.51. The van der Waals surface area contributed by atoms with Crippen molar-refractivity contribution in [2.75, 3.05) is 5.88 Å². The van der Waals surface area contributed by atoms with Gasteiger partial charge in [-0.25, -0.2) is 4.79 Å². The highest BCUT2D eigenvalue weighted by atomic mass is 35.5. The minimum absolute atomic E-state index is 0.222. The van der Waals surface area contributed by atoms with E-state index in [2.05, 4.69) is 11.3 Å². The zero-order chi connectivity index (χ0) is 11.4. The predicted octanol–water partition coefficient (Wildman–Crippen LogP) is 0.599. The standard InChI is InChI=1S/C7H11ClO5S/c1-3-7(9)13-6(4-8)5(2)14(10,11)12/h3,5-6H,1,4H2,2H3,(H,10,11,12). The van der Waals surface area contributed by atoms with E-state index in [-0.39, 0.29) is 5.88 Å². The Morgan fingerprint density at radius 2 is 2.21 bits per heavy atom. The van der Waals surface area contributed by atoms with Gasteiger partial charge in [0.2, 0.25) is 0 Å². The number of carbonyl (C=O) groups is 1. The molecule has 0 saturated carbocycles. The van der Waals surface area contributed by atoms with Crippen LogP contribution in [0, 0.1) is 0 Å². The molecule has 0 aromatic carbocycles. The van der Waals surface area contributed by atoms with Crippen molar-refractivity contribution in [3.8, 4) is 0 Å². The summed E-state index contributed by atoms with van der Waals surface area (Å²) in [4.78, 5) is 10.7. The van der Waals surface area contributed by atoms with E-state index in [1.807, 2.05) is 0 Å². The van der Waals surface area contributed by atoms with E-state index in [4.69, 9.17) is 16.2 Å². The van der Waals surface area contributed by atoms with Crippen LogP contribution < -0.4 is 0 Å². The highest BCUT2D eigenvalue weighted by molar-refractivity contribution is 7.86. The molecule has 0 rings (SSSR count). The van der Waals surface area contributed by atoms with Crippen molar-refractivity contribution in [1.82, 2.24) is 0 Å². The van der Waals surface area contributed by atoms with Gasteiger partial charge < -0.3 is 4.74 Å². The second kappa shape index (κ2) is 5.33. The number of ether oxygens (including phenoxy) is 1. The fraction of sp³-hybridized carbons (Fsp3) is 0.571. The van der Waals surface area contributed by atoms with E-state index >= 15 is 0 Å². The first kappa shape index (κ1) is 13.4. The Hall–Kier alpha value is -0.590. The van der Waals surface area contributed by atoms with E-state index in [1.165, 1.54) is 6.92 Å². The number of carbonyl (C=O) groups excluding carboxylic acids is 1. The molecule has 0 aliphatic rings. The van der Waals surface area contributed by atoms with Crippen LogP contribution in [0.15, 0.2) is 12.7 Å². The average molecular weight is 243 g/mol. The van der Waals surface area contributed by atoms with Crippen molar-refractivity contribution in [3.05, 3.63) is 12.7 Å². The molecule has 0 bridgehead atoms. The average Bonchev–Trinajstić information content (AvgIpc) is 2.11. The van der Waals surface area contributed by atoms with E-state index in [0.29, 0.717) is 0 Å². The summed E-state index contributed by atoms with van der Waals surface area (Å²) in [6, 6.07) is 0. The molecule has 0 fully saturated rings. The maximum absolute atomic E-state index is 10.7. The largest absolute Gasteiger partial charge is 0.456 e. The van der Waals surface area contributed by atoms with Gasteiger partial charge in [-0.05, 0) is 6.92 Å². The van der Waals surface area contributed by atoms with Crippen LogP contribution in [0.1, 0.15) is 6.92 Å². The predicted molar refractivity (Wildman–Crippen MR) is 51.8 cm³/mol. The Bertz CT molecular complexity index is 310. The van der Waals surface area contributed by atoms with Crippen LogP contribution in [0.4, 0.5) is 0 Å². The van der Waals surface area contributed by atoms with Crippen LogP contribution >= 0.6 is 11.6 Å². The van der Waals surface area contributed by atoms with Crippen molar-refractivity contribution in [3.63, 3.8) is 0 Å². The Kier molecular flexibility index (Phi) is 5.11. The van der Waals surface area contributed by atoms with Gasteiger partial charge in [-0.1, -0.05) is 6.58 Å². The summed E-state index contributed by atoms with van der Waals surface area (Å²) in [5.74, 6) is -1.01. The summed E-state index contributed by atoms with van der Waals surface area (Å²) in [5.41, 5.74) is 0. The summed E-state index contributed by atoms with van der Waals surface area (Å²) in [7, 11) is -4.26. The van der Waals surface area contributed by atoms with Crippen molar-refractivity contribution in [2.24, 2.45) is 0 Å². The summed E-state index contributed by atoms with van der Waals surface area (Å²) in [6.07, 6.45) is -0.201. The van der Waals surface area contributed by atoms with Gasteiger partial charge in [-0.15, -0.1) is 11.6 Å². The first-order valence-electron chi connectivity index (χ1n) is 3.68. The highest BCUT2D eigenvalue weighted by Gasteiger charge is 2.29. The molecule has 0 aliphatic heterocycles.